The van der Waals surface area contributed by atoms with Crippen LogP contribution in [0.5, 0.6) is 0 Å². The molecular formula is C25H31N5O6S2. The van der Waals surface area contributed by atoms with E-state index >= 15 is 0 Å². The first-order chi connectivity index (χ1) is 18.0. The number of ether oxygens (including phenoxy) is 2. The molecule has 0 radical (unpaired) electrons. The van der Waals surface area contributed by atoms with Crippen LogP contribution in [0.3, 0.4) is 0 Å². The fourth-order valence-corrected chi connectivity index (χ4v) is 5.61. The highest BCUT2D eigenvalue weighted by atomic mass is 32.2. The number of nitrogens with zero attached hydrogens (tertiary/aromatic N) is 4. The zero-order valence-electron chi connectivity index (χ0n) is 21.7. The number of Topliss-reactive ketones (excluding diaryl/α,β-unsaturated/α-hetero) is 1. The van der Waals surface area contributed by atoms with E-state index in [1.165, 1.54) is 36.9 Å². The van der Waals surface area contributed by atoms with Gasteiger partial charge in [-0.05, 0) is 32.0 Å². The Morgan fingerprint density at radius 1 is 1.18 bits per heavy atom. The fraction of sp³-hybridized carbons (Fsp3) is 0.440. The number of ketones is 1. The van der Waals surface area contributed by atoms with Gasteiger partial charge in [-0.2, -0.15) is 0 Å². The molecule has 3 aromatic heterocycles. The Hall–Kier alpha value is -3.13. The van der Waals surface area contributed by atoms with Crippen molar-refractivity contribution in [3.63, 3.8) is 0 Å². The highest BCUT2D eigenvalue weighted by Gasteiger charge is 2.25. The van der Waals surface area contributed by atoms with E-state index in [0.717, 1.165) is 29.1 Å². The minimum Gasteiger partial charge on any atom is -0.382 e. The average Bonchev–Trinajstić information content (AvgIpc) is 3.53. The van der Waals surface area contributed by atoms with Gasteiger partial charge in [0.15, 0.2) is 5.78 Å². The third-order valence-electron chi connectivity index (χ3n) is 5.96. The smallest absolute Gasteiger partial charge is 0.253 e. The molecule has 4 rings (SSSR count). The van der Waals surface area contributed by atoms with Gasteiger partial charge >= 0.3 is 0 Å². The van der Waals surface area contributed by atoms with Gasteiger partial charge in [0, 0.05) is 38.0 Å². The largest absolute Gasteiger partial charge is 0.382 e. The number of anilines is 1. The number of hydrogen-bond donors (Lipinski definition) is 1. The molecule has 4 heterocycles. The lowest BCUT2D eigenvalue weighted by molar-refractivity contribution is -0.121. The minimum absolute atomic E-state index is 0.00150. The number of morpholine rings is 1. The van der Waals surface area contributed by atoms with Crippen molar-refractivity contribution in [3.8, 4) is 11.4 Å². The van der Waals surface area contributed by atoms with E-state index in [4.69, 9.17) is 14.5 Å². The molecule has 0 spiro atoms. The Bertz CT molecular complexity index is 1390. The zero-order chi connectivity index (χ0) is 27.4. The maximum atomic E-state index is 13.0. The standard InChI is InChI=1S/C25H31N5O6S2/c1-16-11-29(12-17(2)36-16)23-7-5-6-19(26-23)21-15-37-24(27-21)10-22(31)20(14-35-3)28-25(32)18-8-9-30(13-18)38(4,33)34/h5-9,13,15-17,20H,10-12,14H2,1-4H3,(H,28,32)/t16-,17+,20-/m1/s1. The molecule has 11 nitrogen and oxygen atoms in total. The van der Waals surface area contributed by atoms with Crippen LogP contribution in [0, 0.1) is 0 Å². The number of amides is 1. The number of rotatable bonds is 10. The third-order valence-corrected chi connectivity index (χ3v) is 7.80. The number of nitrogens with one attached hydrogen (secondary N) is 1. The maximum Gasteiger partial charge on any atom is 0.253 e. The van der Waals surface area contributed by atoms with Crippen LogP contribution >= 0.6 is 11.3 Å². The molecule has 1 saturated heterocycles. The van der Waals surface area contributed by atoms with Crippen LogP contribution in [0.2, 0.25) is 0 Å². The van der Waals surface area contributed by atoms with Crippen LogP contribution in [0.4, 0.5) is 5.82 Å². The molecule has 204 valence electrons. The molecule has 0 saturated carbocycles. The highest BCUT2D eigenvalue weighted by molar-refractivity contribution is 7.89. The van der Waals surface area contributed by atoms with Gasteiger partial charge < -0.3 is 19.7 Å². The van der Waals surface area contributed by atoms with E-state index in [2.05, 4.69) is 15.2 Å². The molecule has 38 heavy (non-hydrogen) atoms. The lowest BCUT2D eigenvalue weighted by Gasteiger charge is -2.36. The molecule has 0 aromatic carbocycles. The maximum absolute atomic E-state index is 13.0. The number of thiazole rings is 1. The number of carbonyl (C=O) groups excluding carboxylic acids is 2. The SMILES string of the molecule is COC[C@@H](NC(=O)c1ccn(S(C)(=O)=O)c1)C(=O)Cc1nc(-c2cccc(N3C[C@@H](C)O[C@@H](C)C3)n2)cs1. The quantitative estimate of drug-likeness (QED) is 0.395. The summed E-state index contributed by atoms with van der Waals surface area (Å²) < 4.78 is 35.3. The Labute approximate surface area is 225 Å². The van der Waals surface area contributed by atoms with Crippen molar-refractivity contribution >= 4 is 38.9 Å². The van der Waals surface area contributed by atoms with Gasteiger partial charge in [0.25, 0.3) is 5.91 Å². The Balaban J connectivity index is 1.43. The summed E-state index contributed by atoms with van der Waals surface area (Å²) in [7, 11) is -2.09. The Morgan fingerprint density at radius 3 is 2.58 bits per heavy atom. The molecule has 1 aliphatic heterocycles. The lowest BCUT2D eigenvalue weighted by Crippen LogP contribution is -2.45. The minimum atomic E-state index is -3.52. The van der Waals surface area contributed by atoms with Crippen LogP contribution in [0.15, 0.2) is 42.0 Å². The molecule has 1 fully saturated rings. The van der Waals surface area contributed by atoms with E-state index < -0.39 is 22.0 Å². The van der Waals surface area contributed by atoms with Gasteiger partial charge in [-0.3, -0.25) is 13.6 Å². The van der Waals surface area contributed by atoms with Crippen LogP contribution in [0.25, 0.3) is 11.4 Å². The molecule has 1 N–H and O–H groups in total. The van der Waals surface area contributed by atoms with Gasteiger partial charge in [0.1, 0.15) is 16.9 Å². The van der Waals surface area contributed by atoms with Gasteiger partial charge in [0.2, 0.25) is 10.0 Å². The van der Waals surface area contributed by atoms with Crippen LogP contribution in [-0.4, -0.2) is 85.4 Å². The summed E-state index contributed by atoms with van der Waals surface area (Å²) >= 11 is 1.34. The van der Waals surface area contributed by atoms with Crippen LogP contribution in [-0.2, 0) is 30.7 Å². The first kappa shape index (κ1) is 27.9. The summed E-state index contributed by atoms with van der Waals surface area (Å²) in [4.78, 5) is 37.3. The van der Waals surface area contributed by atoms with Crippen molar-refractivity contribution in [3.05, 3.63) is 52.6 Å². The number of carbonyl (C=O) groups is 2. The van der Waals surface area contributed by atoms with Gasteiger partial charge in [-0.1, -0.05) is 6.07 Å². The summed E-state index contributed by atoms with van der Waals surface area (Å²) in [6.45, 7) is 5.56. The first-order valence-corrected chi connectivity index (χ1v) is 14.8. The van der Waals surface area contributed by atoms with E-state index in [-0.39, 0.29) is 36.6 Å². The zero-order valence-corrected chi connectivity index (χ0v) is 23.3. The second kappa shape index (κ2) is 11.7. The van der Waals surface area contributed by atoms with Crippen molar-refractivity contribution < 1.29 is 27.5 Å². The second-order valence-corrected chi connectivity index (χ2v) is 12.1. The molecule has 13 heteroatoms. The molecule has 1 aliphatic rings. The fourth-order valence-electron chi connectivity index (χ4n) is 4.23. The molecule has 0 aliphatic carbocycles. The average molecular weight is 562 g/mol. The summed E-state index contributed by atoms with van der Waals surface area (Å²) in [6.07, 6.45) is 3.73. The lowest BCUT2D eigenvalue weighted by atomic mass is 10.1. The van der Waals surface area contributed by atoms with Crippen LogP contribution in [0.1, 0.15) is 29.2 Å². The second-order valence-electron chi connectivity index (χ2n) is 9.29. The summed E-state index contributed by atoms with van der Waals surface area (Å²) in [5.74, 6) is -0.000238. The molecule has 3 aromatic rings. The Kier molecular flexibility index (Phi) is 8.61. The monoisotopic (exact) mass is 561 g/mol. The topological polar surface area (TPSA) is 133 Å². The normalized spacial score (nSPS) is 18.8. The predicted molar refractivity (Wildman–Crippen MR) is 144 cm³/mol. The molecule has 3 atom stereocenters. The number of pyridine rings is 1. The van der Waals surface area contributed by atoms with E-state index in [1.807, 2.05) is 37.4 Å². The summed E-state index contributed by atoms with van der Waals surface area (Å²) in [6, 6.07) is 6.24. The van der Waals surface area contributed by atoms with E-state index in [9.17, 15) is 18.0 Å². The van der Waals surface area contributed by atoms with Crippen LogP contribution < -0.4 is 10.2 Å². The van der Waals surface area contributed by atoms with Crippen molar-refractivity contribution in [2.75, 3.05) is 38.0 Å². The number of aromatic nitrogens is 3. The van der Waals surface area contributed by atoms with Crippen molar-refractivity contribution in [2.45, 2.75) is 38.5 Å². The summed E-state index contributed by atoms with van der Waals surface area (Å²) in [5, 5.41) is 5.08. The molecule has 0 unspecified atom stereocenters. The van der Waals surface area contributed by atoms with Gasteiger partial charge in [-0.15, -0.1) is 11.3 Å². The predicted octanol–water partition coefficient (Wildman–Crippen LogP) is 1.98. The number of methoxy groups -OCH3 is 1. The Morgan fingerprint density at radius 2 is 1.92 bits per heavy atom. The van der Waals surface area contributed by atoms with E-state index in [1.54, 1.807) is 0 Å². The van der Waals surface area contributed by atoms with Crippen molar-refractivity contribution in [1.29, 1.82) is 0 Å². The van der Waals surface area contributed by atoms with Gasteiger partial charge in [-0.25, -0.2) is 18.4 Å². The van der Waals surface area contributed by atoms with Crippen molar-refractivity contribution in [2.24, 2.45) is 0 Å². The molecule has 1 amide bonds. The van der Waals surface area contributed by atoms with Gasteiger partial charge in [0.05, 0.1) is 48.4 Å². The summed E-state index contributed by atoms with van der Waals surface area (Å²) in [5.41, 5.74) is 1.50. The highest BCUT2D eigenvalue weighted by Crippen LogP contribution is 2.25. The molecular weight excluding hydrogens is 530 g/mol. The van der Waals surface area contributed by atoms with E-state index in [0.29, 0.717) is 16.4 Å². The van der Waals surface area contributed by atoms with Crippen molar-refractivity contribution in [1.82, 2.24) is 19.3 Å². The first-order valence-electron chi connectivity index (χ1n) is 12.1. The third kappa shape index (κ3) is 6.84. The molecule has 0 bridgehead atoms. The number of hydrogen-bond acceptors (Lipinski definition) is 10.